The van der Waals surface area contributed by atoms with Gasteiger partial charge in [-0.25, -0.2) is 9.59 Å². The van der Waals surface area contributed by atoms with Gasteiger partial charge in [0, 0.05) is 18.3 Å². The Balaban J connectivity index is 1.88. The topological polar surface area (TPSA) is 96.0 Å². The van der Waals surface area contributed by atoms with Crippen molar-refractivity contribution < 1.29 is 33.4 Å². The summed E-state index contributed by atoms with van der Waals surface area (Å²) in [6, 6.07) is 0. The molecule has 4 aliphatic rings. The number of ketones is 1. The molecule has 2 aliphatic carbocycles. The van der Waals surface area contributed by atoms with E-state index in [2.05, 4.69) is 0 Å². The SMILES string of the molecule is C[C@@H]1OC(=O)[C@H](C)OC(=O)C23CCCC(=O)[C@H]2[C@@H](COC1=O)C3. The fourth-order valence-electron chi connectivity index (χ4n) is 3.98. The summed E-state index contributed by atoms with van der Waals surface area (Å²) >= 11 is 0. The number of carbonyl (C=O) groups excluding carboxylic acids is 4. The summed E-state index contributed by atoms with van der Waals surface area (Å²) in [5.41, 5.74) is -0.869. The van der Waals surface area contributed by atoms with Crippen LogP contribution in [-0.2, 0) is 33.4 Å². The van der Waals surface area contributed by atoms with E-state index in [-0.39, 0.29) is 18.3 Å². The molecule has 2 heterocycles. The Labute approximate surface area is 133 Å². The van der Waals surface area contributed by atoms with Gasteiger partial charge in [-0.05, 0) is 33.1 Å². The van der Waals surface area contributed by atoms with Gasteiger partial charge < -0.3 is 14.2 Å². The van der Waals surface area contributed by atoms with Crippen LogP contribution in [0.15, 0.2) is 0 Å². The molecule has 5 atom stereocenters. The molecule has 0 aromatic heterocycles. The number of fused-ring (bicyclic) bond motifs is 8. The number of esters is 3. The number of ether oxygens (including phenoxy) is 3. The van der Waals surface area contributed by atoms with Crippen molar-refractivity contribution in [2.45, 2.75) is 51.7 Å². The Kier molecular flexibility index (Phi) is 3.90. The zero-order chi connectivity index (χ0) is 16.8. The van der Waals surface area contributed by atoms with Gasteiger partial charge in [-0.15, -0.1) is 0 Å². The largest absolute Gasteiger partial charge is 0.463 e. The first-order valence-electron chi connectivity index (χ1n) is 7.96. The maximum absolute atomic E-state index is 12.6. The quantitative estimate of drug-likeness (QED) is 0.369. The van der Waals surface area contributed by atoms with Crippen LogP contribution in [0.25, 0.3) is 0 Å². The van der Waals surface area contributed by atoms with E-state index in [0.717, 1.165) is 0 Å². The predicted octanol–water partition coefficient (Wildman–Crippen LogP) is 0.782. The molecule has 126 valence electrons. The van der Waals surface area contributed by atoms with Gasteiger partial charge in [-0.3, -0.25) is 9.59 Å². The molecule has 2 aliphatic heterocycles. The van der Waals surface area contributed by atoms with Gasteiger partial charge in [0.2, 0.25) is 0 Å². The van der Waals surface area contributed by atoms with Gasteiger partial charge in [-0.1, -0.05) is 0 Å². The lowest BCUT2D eigenvalue weighted by Crippen LogP contribution is -2.61. The zero-order valence-electron chi connectivity index (χ0n) is 13.2. The molecule has 4 fully saturated rings. The van der Waals surface area contributed by atoms with E-state index in [1.54, 1.807) is 0 Å². The Morgan fingerprint density at radius 2 is 1.70 bits per heavy atom. The van der Waals surface area contributed by atoms with E-state index in [1.807, 2.05) is 0 Å². The molecule has 23 heavy (non-hydrogen) atoms. The average Bonchev–Trinajstić information content (AvgIpc) is 2.46. The summed E-state index contributed by atoms with van der Waals surface area (Å²) < 4.78 is 15.4. The van der Waals surface area contributed by atoms with Crippen LogP contribution in [0.3, 0.4) is 0 Å². The van der Waals surface area contributed by atoms with Gasteiger partial charge in [0.15, 0.2) is 12.2 Å². The maximum Gasteiger partial charge on any atom is 0.347 e. The molecule has 1 unspecified atom stereocenters. The Hall–Kier alpha value is -1.92. The minimum atomic E-state index is -1.12. The molecule has 1 spiro atoms. The fraction of sp³-hybridized carbons (Fsp3) is 0.750. The number of hydrogen-bond acceptors (Lipinski definition) is 7. The highest BCUT2D eigenvalue weighted by atomic mass is 16.6. The normalized spacial score (nSPS) is 41.3. The Morgan fingerprint density at radius 1 is 1.00 bits per heavy atom. The molecule has 2 saturated carbocycles. The molecule has 0 amide bonds. The van der Waals surface area contributed by atoms with Gasteiger partial charge in [0.1, 0.15) is 5.78 Å². The summed E-state index contributed by atoms with van der Waals surface area (Å²) in [5, 5.41) is 0. The van der Waals surface area contributed by atoms with Gasteiger partial charge in [0.25, 0.3) is 0 Å². The lowest BCUT2D eigenvalue weighted by Gasteiger charge is -2.54. The predicted molar refractivity (Wildman–Crippen MR) is 75.0 cm³/mol. The van der Waals surface area contributed by atoms with Gasteiger partial charge in [-0.2, -0.15) is 0 Å². The van der Waals surface area contributed by atoms with E-state index in [4.69, 9.17) is 14.2 Å². The summed E-state index contributed by atoms with van der Waals surface area (Å²) in [6.07, 6.45) is -0.125. The number of Topliss-reactive ketones (excluding diaryl/α,β-unsaturated/α-hetero) is 1. The maximum atomic E-state index is 12.6. The van der Waals surface area contributed by atoms with E-state index >= 15 is 0 Å². The van der Waals surface area contributed by atoms with E-state index in [9.17, 15) is 19.2 Å². The van der Waals surface area contributed by atoms with Crippen molar-refractivity contribution in [2.75, 3.05) is 6.61 Å². The van der Waals surface area contributed by atoms with Crippen molar-refractivity contribution in [1.29, 1.82) is 0 Å². The molecular formula is C16H20O7. The molecule has 4 rings (SSSR count). The fourth-order valence-corrected chi connectivity index (χ4v) is 3.98. The molecule has 7 nitrogen and oxygen atoms in total. The second-order valence-corrected chi connectivity index (χ2v) is 6.67. The highest BCUT2D eigenvalue weighted by Gasteiger charge is 2.64. The summed E-state index contributed by atoms with van der Waals surface area (Å²) in [6.45, 7) is 2.86. The molecule has 0 aromatic rings. The van der Waals surface area contributed by atoms with Crippen LogP contribution < -0.4 is 0 Å². The first-order chi connectivity index (χ1) is 10.8. The molecule has 0 N–H and O–H groups in total. The minimum Gasteiger partial charge on any atom is -0.463 e. The van der Waals surface area contributed by atoms with Crippen LogP contribution in [0.5, 0.6) is 0 Å². The van der Waals surface area contributed by atoms with Crippen molar-refractivity contribution in [3.8, 4) is 0 Å². The Morgan fingerprint density at radius 3 is 2.43 bits per heavy atom. The van der Waals surface area contributed by atoms with Crippen molar-refractivity contribution in [2.24, 2.45) is 17.3 Å². The lowest BCUT2D eigenvalue weighted by molar-refractivity contribution is -0.203. The summed E-state index contributed by atoms with van der Waals surface area (Å²) in [5.74, 6) is -2.60. The molecule has 2 bridgehead atoms. The van der Waals surface area contributed by atoms with Crippen LogP contribution in [0, 0.1) is 17.3 Å². The smallest absolute Gasteiger partial charge is 0.347 e. The zero-order valence-corrected chi connectivity index (χ0v) is 13.2. The van der Waals surface area contributed by atoms with Gasteiger partial charge in [0.05, 0.1) is 12.0 Å². The summed E-state index contributed by atoms with van der Waals surface area (Å²) in [7, 11) is 0. The summed E-state index contributed by atoms with van der Waals surface area (Å²) in [4.78, 5) is 48.6. The molecular weight excluding hydrogens is 304 g/mol. The molecule has 7 heteroatoms. The lowest BCUT2D eigenvalue weighted by atomic mass is 9.48. The highest BCUT2D eigenvalue weighted by molar-refractivity contribution is 5.94. The number of hydrogen-bond donors (Lipinski definition) is 0. The van der Waals surface area contributed by atoms with Crippen LogP contribution in [0.4, 0.5) is 0 Å². The minimum absolute atomic E-state index is 0.0147. The first-order valence-corrected chi connectivity index (χ1v) is 7.96. The Bertz CT molecular complexity index is 569. The number of rotatable bonds is 0. The molecule has 2 saturated heterocycles. The molecule has 0 aromatic carbocycles. The highest BCUT2D eigenvalue weighted by Crippen LogP contribution is 2.58. The van der Waals surface area contributed by atoms with Crippen molar-refractivity contribution in [3.63, 3.8) is 0 Å². The third-order valence-electron chi connectivity index (χ3n) is 5.17. The van der Waals surface area contributed by atoms with Crippen LogP contribution in [0.2, 0.25) is 0 Å². The van der Waals surface area contributed by atoms with E-state index in [0.29, 0.717) is 25.7 Å². The first kappa shape index (κ1) is 16.0. The third kappa shape index (κ3) is 2.52. The average molecular weight is 324 g/mol. The van der Waals surface area contributed by atoms with Crippen molar-refractivity contribution in [1.82, 2.24) is 0 Å². The van der Waals surface area contributed by atoms with Crippen molar-refractivity contribution in [3.05, 3.63) is 0 Å². The van der Waals surface area contributed by atoms with Crippen LogP contribution in [-0.4, -0.2) is 42.5 Å². The van der Waals surface area contributed by atoms with E-state index in [1.165, 1.54) is 13.8 Å². The van der Waals surface area contributed by atoms with Crippen molar-refractivity contribution >= 4 is 23.7 Å². The number of carbonyl (C=O) groups is 4. The van der Waals surface area contributed by atoms with Crippen LogP contribution in [0.1, 0.15) is 39.5 Å². The molecule has 0 radical (unpaired) electrons. The second-order valence-electron chi connectivity index (χ2n) is 6.67. The monoisotopic (exact) mass is 324 g/mol. The van der Waals surface area contributed by atoms with Gasteiger partial charge >= 0.3 is 17.9 Å². The van der Waals surface area contributed by atoms with E-state index < -0.39 is 41.4 Å². The van der Waals surface area contributed by atoms with Crippen LogP contribution >= 0.6 is 0 Å². The standard InChI is InChI=1S/C16H20O7/c1-8-13(18)21-7-10-6-16(5-3-4-11(17)12(10)16)15(20)23-9(2)14(19)22-8/h8-10,12H,3-7H2,1-2H3/t8-,9-,10+,12+,16?/m0/s1. The second kappa shape index (κ2) is 5.62. The third-order valence-corrected chi connectivity index (χ3v) is 5.17.